The number of carbonyl (C=O) groups is 1. The van der Waals surface area contributed by atoms with Gasteiger partial charge in [-0.25, -0.2) is 4.98 Å². The molecule has 0 saturated carbocycles. The number of carbonyl (C=O) groups excluding carboxylic acids is 1. The highest BCUT2D eigenvalue weighted by Gasteiger charge is 2.33. The van der Waals surface area contributed by atoms with E-state index in [1.165, 1.54) is 11.3 Å². The summed E-state index contributed by atoms with van der Waals surface area (Å²) >= 11 is 1.43. The second kappa shape index (κ2) is 6.46. The summed E-state index contributed by atoms with van der Waals surface area (Å²) in [7, 11) is 1.66. The molecule has 5 nitrogen and oxygen atoms in total. The van der Waals surface area contributed by atoms with Gasteiger partial charge in [0.15, 0.2) is 0 Å². The molecule has 116 valence electrons. The normalized spacial score (nSPS) is 17.7. The molecule has 0 unspecified atom stereocenters. The molecule has 0 aliphatic carbocycles. The summed E-state index contributed by atoms with van der Waals surface area (Å²) < 4.78 is 5.44. The van der Waals surface area contributed by atoms with E-state index in [9.17, 15) is 4.79 Å². The lowest BCUT2D eigenvalue weighted by molar-refractivity contribution is 0.0729. The van der Waals surface area contributed by atoms with Gasteiger partial charge < -0.3 is 15.4 Å². The molecule has 1 amide bonds. The standard InChI is InChI=1S/C16H19N3O2S/c1-21-14-7-3-2-5-11(14)13-6-4-8-19(13)16(20)12-10-22-15(9-17)18-12/h2-3,5,7,10,13H,4,6,8-9,17H2,1H3/t13-/m1/s1. The second-order valence-corrected chi connectivity index (χ2v) is 6.17. The lowest BCUT2D eigenvalue weighted by Gasteiger charge is -2.25. The first-order valence-electron chi connectivity index (χ1n) is 7.33. The molecule has 1 aromatic heterocycles. The van der Waals surface area contributed by atoms with Crippen LogP contribution in [-0.2, 0) is 6.54 Å². The predicted octanol–water partition coefficient (Wildman–Crippen LogP) is 2.59. The van der Waals surface area contributed by atoms with Crippen LogP contribution in [0.15, 0.2) is 29.6 Å². The average Bonchev–Trinajstić information content (AvgIpc) is 3.23. The molecule has 0 bridgehead atoms. The van der Waals surface area contributed by atoms with Crippen LogP contribution in [0.3, 0.4) is 0 Å². The minimum atomic E-state index is -0.0237. The molecule has 1 atom stereocenters. The molecule has 1 aromatic carbocycles. The summed E-state index contributed by atoms with van der Waals surface area (Å²) in [6, 6.07) is 7.94. The third kappa shape index (κ3) is 2.71. The van der Waals surface area contributed by atoms with E-state index in [1.807, 2.05) is 29.2 Å². The fourth-order valence-corrected chi connectivity index (χ4v) is 3.57. The van der Waals surface area contributed by atoms with Gasteiger partial charge in [0.1, 0.15) is 16.5 Å². The van der Waals surface area contributed by atoms with E-state index in [4.69, 9.17) is 10.5 Å². The van der Waals surface area contributed by atoms with Crippen LogP contribution in [-0.4, -0.2) is 29.4 Å². The highest BCUT2D eigenvalue weighted by atomic mass is 32.1. The molecule has 1 saturated heterocycles. The van der Waals surface area contributed by atoms with E-state index in [-0.39, 0.29) is 11.9 Å². The minimum absolute atomic E-state index is 0.0237. The third-order valence-corrected chi connectivity index (χ3v) is 4.83. The molecule has 1 aliphatic heterocycles. The molecule has 6 heteroatoms. The summed E-state index contributed by atoms with van der Waals surface area (Å²) in [5.74, 6) is 0.803. The Morgan fingerprint density at radius 3 is 3.05 bits per heavy atom. The van der Waals surface area contributed by atoms with E-state index in [0.717, 1.165) is 35.7 Å². The molecule has 3 rings (SSSR count). The molecule has 2 heterocycles. The summed E-state index contributed by atoms with van der Waals surface area (Å²) in [6.45, 7) is 1.12. The maximum absolute atomic E-state index is 12.7. The number of para-hydroxylation sites is 1. The van der Waals surface area contributed by atoms with Gasteiger partial charge in [-0.15, -0.1) is 11.3 Å². The van der Waals surface area contributed by atoms with E-state index >= 15 is 0 Å². The molecule has 1 aliphatic rings. The molecule has 22 heavy (non-hydrogen) atoms. The van der Waals surface area contributed by atoms with Gasteiger partial charge in [0.2, 0.25) is 0 Å². The van der Waals surface area contributed by atoms with E-state index in [1.54, 1.807) is 12.5 Å². The van der Waals surface area contributed by atoms with Crippen LogP contribution in [0.1, 0.15) is 39.9 Å². The summed E-state index contributed by atoms with van der Waals surface area (Å²) in [4.78, 5) is 19.0. The maximum atomic E-state index is 12.7. The molecule has 2 aromatic rings. The summed E-state index contributed by atoms with van der Waals surface area (Å²) in [5, 5.41) is 2.58. The minimum Gasteiger partial charge on any atom is -0.496 e. The number of rotatable bonds is 4. The first kappa shape index (κ1) is 15.0. The fraction of sp³-hybridized carbons (Fsp3) is 0.375. The van der Waals surface area contributed by atoms with Crippen LogP contribution in [0.5, 0.6) is 5.75 Å². The zero-order chi connectivity index (χ0) is 15.5. The molecular formula is C16H19N3O2S. The molecule has 0 radical (unpaired) electrons. The van der Waals surface area contributed by atoms with Gasteiger partial charge in [-0.2, -0.15) is 0 Å². The zero-order valence-corrected chi connectivity index (χ0v) is 13.3. The van der Waals surface area contributed by atoms with Gasteiger partial charge in [0.25, 0.3) is 5.91 Å². The van der Waals surface area contributed by atoms with Gasteiger partial charge in [0, 0.05) is 24.0 Å². The van der Waals surface area contributed by atoms with Crippen LogP contribution in [0.25, 0.3) is 0 Å². The Balaban J connectivity index is 1.88. The fourth-order valence-electron chi connectivity index (χ4n) is 2.92. The Labute approximate surface area is 133 Å². The number of aromatic nitrogens is 1. The van der Waals surface area contributed by atoms with E-state index < -0.39 is 0 Å². The zero-order valence-electron chi connectivity index (χ0n) is 12.5. The van der Waals surface area contributed by atoms with Crippen molar-refractivity contribution >= 4 is 17.2 Å². The Hall–Kier alpha value is -1.92. The summed E-state index contributed by atoms with van der Waals surface area (Å²) in [6.07, 6.45) is 1.93. The number of thiazole rings is 1. The van der Waals surface area contributed by atoms with Crippen molar-refractivity contribution in [3.63, 3.8) is 0 Å². The monoisotopic (exact) mass is 317 g/mol. The Kier molecular flexibility index (Phi) is 4.40. The number of methoxy groups -OCH3 is 1. The quantitative estimate of drug-likeness (QED) is 0.941. The largest absolute Gasteiger partial charge is 0.496 e. The van der Waals surface area contributed by atoms with Crippen LogP contribution >= 0.6 is 11.3 Å². The molecule has 2 N–H and O–H groups in total. The number of hydrogen-bond donors (Lipinski definition) is 1. The van der Waals surface area contributed by atoms with Crippen LogP contribution in [0.2, 0.25) is 0 Å². The second-order valence-electron chi connectivity index (χ2n) is 5.23. The number of nitrogens with two attached hydrogens (primary N) is 1. The number of benzene rings is 1. The number of hydrogen-bond acceptors (Lipinski definition) is 5. The SMILES string of the molecule is COc1ccccc1[C@H]1CCCN1C(=O)c1csc(CN)n1. The van der Waals surface area contributed by atoms with Crippen molar-refractivity contribution in [3.05, 3.63) is 45.9 Å². The van der Waals surface area contributed by atoms with Crippen molar-refractivity contribution in [3.8, 4) is 5.75 Å². The number of amides is 1. The lowest BCUT2D eigenvalue weighted by atomic mass is 10.0. The average molecular weight is 317 g/mol. The number of ether oxygens (including phenoxy) is 1. The first-order chi connectivity index (χ1) is 10.7. The van der Waals surface area contributed by atoms with E-state index in [0.29, 0.717) is 12.2 Å². The van der Waals surface area contributed by atoms with Gasteiger partial charge in [0.05, 0.1) is 13.2 Å². The Morgan fingerprint density at radius 2 is 2.32 bits per heavy atom. The molecular weight excluding hydrogens is 298 g/mol. The highest BCUT2D eigenvalue weighted by molar-refractivity contribution is 7.09. The number of nitrogens with zero attached hydrogens (tertiary/aromatic N) is 2. The van der Waals surface area contributed by atoms with Crippen molar-refractivity contribution in [2.24, 2.45) is 5.73 Å². The smallest absolute Gasteiger partial charge is 0.273 e. The molecule has 1 fully saturated rings. The Bertz CT molecular complexity index is 671. The number of likely N-dealkylation sites (tertiary alicyclic amines) is 1. The van der Waals surface area contributed by atoms with Crippen molar-refractivity contribution in [2.75, 3.05) is 13.7 Å². The van der Waals surface area contributed by atoms with Crippen LogP contribution in [0.4, 0.5) is 0 Å². The van der Waals surface area contributed by atoms with Crippen molar-refractivity contribution < 1.29 is 9.53 Å². The van der Waals surface area contributed by atoms with Gasteiger partial charge in [-0.05, 0) is 18.9 Å². The lowest BCUT2D eigenvalue weighted by Crippen LogP contribution is -2.31. The topological polar surface area (TPSA) is 68.5 Å². The molecule has 0 spiro atoms. The van der Waals surface area contributed by atoms with Crippen molar-refractivity contribution in [1.29, 1.82) is 0 Å². The summed E-state index contributed by atoms with van der Waals surface area (Å²) in [5.41, 5.74) is 7.13. The highest BCUT2D eigenvalue weighted by Crippen LogP contribution is 2.37. The van der Waals surface area contributed by atoms with Crippen LogP contribution in [0, 0.1) is 0 Å². The third-order valence-electron chi connectivity index (χ3n) is 3.96. The van der Waals surface area contributed by atoms with Gasteiger partial charge >= 0.3 is 0 Å². The first-order valence-corrected chi connectivity index (χ1v) is 8.21. The predicted molar refractivity (Wildman–Crippen MR) is 86.0 cm³/mol. The maximum Gasteiger partial charge on any atom is 0.273 e. The van der Waals surface area contributed by atoms with E-state index in [2.05, 4.69) is 4.98 Å². The van der Waals surface area contributed by atoms with Crippen molar-refractivity contribution in [1.82, 2.24) is 9.88 Å². The van der Waals surface area contributed by atoms with Crippen molar-refractivity contribution in [2.45, 2.75) is 25.4 Å². The van der Waals surface area contributed by atoms with Gasteiger partial charge in [-0.3, -0.25) is 4.79 Å². The van der Waals surface area contributed by atoms with Crippen LogP contribution < -0.4 is 10.5 Å². The Morgan fingerprint density at radius 1 is 1.50 bits per heavy atom. The van der Waals surface area contributed by atoms with Gasteiger partial charge in [-0.1, -0.05) is 18.2 Å².